The van der Waals surface area contributed by atoms with E-state index < -0.39 is 0 Å². The van der Waals surface area contributed by atoms with Gasteiger partial charge in [0.1, 0.15) is 5.82 Å². The third-order valence-electron chi connectivity index (χ3n) is 4.84. The number of hydrogen-bond acceptors (Lipinski definition) is 3. The fraction of sp³-hybridized carbons (Fsp3) is 0.350. The Kier molecular flexibility index (Phi) is 4.22. The van der Waals surface area contributed by atoms with E-state index in [1.165, 1.54) is 5.56 Å². The van der Waals surface area contributed by atoms with E-state index in [0.29, 0.717) is 28.7 Å². The van der Waals surface area contributed by atoms with Gasteiger partial charge in [0.25, 0.3) is 0 Å². The average Bonchev–Trinajstić information content (AvgIpc) is 2.96. The van der Waals surface area contributed by atoms with Crippen LogP contribution in [-0.2, 0) is 16.0 Å². The van der Waals surface area contributed by atoms with Crippen LogP contribution in [0.3, 0.4) is 0 Å². The monoisotopic (exact) mass is 322 g/mol. The lowest BCUT2D eigenvalue weighted by Gasteiger charge is -2.18. The van der Waals surface area contributed by atoms with Crippen LogP contribution in [0.5, 0.6) is 0 Å². The molecule has 1 aliphatic carbocycles. The van der Waals surface area contributed by atoms with Crippen molar-refractivity contribution >= 4 is 22.6 Å². The minimum Gasteiger partial charge on any atom is -0.342 e. The largest absolute Gasteiger partial charge is 0.342 e. The van der Waals surface area contributed by atoms with Crippen molar-refractivity contribution in [3.8, 4) is 0 Å². The van der Waals surface area contributed by atoms with Crippen LogP contribution >= 0.6 is 0 Å². The van der Waals surface area contributed by atoms with E-state index in [1.54, 1.807) is 20.8 Å². The van der Waals surface area contributed by atoms with Gasteiger partial charge in [-0.15, -0.1) is 0 Å². The molecule has 0 fully saturated rings. The third kappa shape index (κ3) is 2.84. The van der Waals surface area contributed by atoms with Gasteiger partial charge in [-0.1, -0.05) is 6.07 Å². The van der Waals surface area contributed by atoms with Crippen LogP contribution in [-0.4, -0.2) is 21.5 Å². The Morgan fingerprint density at radius 3 is 2.38 bits per heavy atom. The van der Waals surface area contributed by atoms with E-state index in [-0.39, 0.29) is 11.6 Å². The third-order valence-corrected chi connectivity index (χ3v) is 4.84. The second-order valence-electron chi connectivity index (χ2n) is 6.57. The fourth-order valence-electron chi connectivity index (χ4n) is 3.18. The summed E-state index contributed by atoms with van der Waals surface area (Å²) in [6.45, 7) is 7.28. The summed E-state index contributed by atoms with van der Waals surface area (Å²) in [5.41, 5.74) is 5.62. The minimum atomic E-state index is 0.00122. The number of benzene rings is 1. The maximum absolute atomic E-state index is 12.4. The minimum absolute atomic E-state index is 0.00122. The number of aryl methyl sites for hydroxylation is 2. The standard InChI is InChI=1S/C20H22N2O2/c1-11-8-9-16-17(10-11)22-18(21-16)7-5-6-15-14(4)19(23)12(2)13(3)20(15)24/h8-10H,5-7H2,1-4H3,(H,21,22). The molecule has 0 bridgehead atoms. The topological polar surface area (TPSA) is 62.8 Å². The molecule has 1 aliphatic rings. The molecule has 1 N–H and O–H groups in total. The Morgan fingerprint density at radius 1 is 0.917 bits per heavy atom. The first-order valence-electron chi connectivity index (χ1n) is 8.30. The Morgan fingerprint density at radius 2 is 1.62 bits per heavy atom. The number of fused-ring (bicyclic) bond motifs is 1. The zero-order chi connectivity index (χ0) is 17.4. The van der Waals surface area contributed by atoms with Crippen molar-refractivity contribution in [1.29, 1.82) is 0 Å². The van der Waals surface area contributed by atoms with Crippen molar-refractivity contribution in [3.63, 3.8) is 0 Å². The molecule has 0 radical (unpaired) electrons. The number of hydrogen-bond donors (Lipinski definition) is 1. The van der Waals surface area contributed by atoms with E-state index in [0.717, 1.165) is 29.7 Å². The summed E-state index contributed by atoms with van der Waals surface area (Å²) >= 11 is 0. The zero-order valence-corrected chi connectivity index (χ0v) is 14.6. The van der Waals surface area contributed by atoms with Crippen molar-refractivity contribution in [2.24, 2.45) is 0 Å². The average molecular weight is 322 g/mol. The second-order valence-corrected chi connectivity index (χ2v) is 6.57. The van der Waals surface area contributed by atoms with Gasteiger partial charge < -0.3 is 4.98 Å². The number of carbonyl (C=O) groups excluding carboxylic acids is 2. The van der Waals surface area contributed by atoms with E-state index in [1.807, 2.05) is 12.1 Å². The van der Waals surface area contributed by atoms with E-state index in [4.69, 9.17) is 0 Å². The zero-order valence-electron chi connectivity index (χ0n) is 14.6. The van der Waals surface area contributed by atoms with Crippen LogP contribution < -0.4 is 0 Å². The Balaban J connectivity index is 1.71. The first-order valence-corrected chi connectivity index (χ1v) is 8.30. The van der Waals surface area contributed by atoms with Crippen molar-refractivity contribution < 1.29 is 9.59 Å². The summed E-state index contributed by atoms with van der Waals surface area (Å²) in [6, 6.07) is 6.14. The highest BCUT2D eigenvalue weighted by atomic mass is 16.1. The van der Waals surface area contributed by atoms with Crippen LogP contribution in [0.1, 0.15) is 45.0 Å². The number of imidazole rings is 1. The number of aromatic amines is 1. The summed E-state index contributed by atoms with van der Waals surface area (Å²) < 4.78 is 0. The van der Waals surface area contributed by atoms with Crippen LogP contribution in [0, 0.1) is 6.92 Å². The summed E-state index contributed by atoms with van der Waals surface area (Å²) in [5.74, 6) is 0.943. The number of carbonyl (C=O) groups is 2. The molecule has 0 saturated carbocycles. The van der Waals surface area contributed by atoms with Crippen LogP contribution in [0.25, 0.3) is 11.0 Å². The van der Waals surface area contributed by atoms with E-state index in [2.05, 4.69) is 23.0 Å². The molecule has 4 nitrogen and oxygen atoms in total. The number of allylic oxidation sites excluding steroid dienone is 4. The lowest BCUT2D eigenvalue weighted by Crippen LogP contribution is -2.20. The van der Waals surface area contributed by atoms with Gasteiger partial charge in [0.2, 0.25) is 0 Å². The fourth-order valence-corrected chi connectivity index (χ4v) is 3.18. The quantitative estimate of drug-likeness (QED) is 0.865. The lowest BCUT2D eigenvalue weighted by molar-refractivity contribution is -0.116. The second kappa shape index (κ2) is 6.19. The van der Waals surface area contributed by atoms with Gasteiger partial charge in [-0.3, -0.25) is 9.59 Å². The highest BCUT2D eigenvalue weighted by Gasteiger charge is 2.27. The van der Waals surface area contributed by atoms with Gasteiger partial charge in [-0.2, -0.15) is 0 Å². The summed E-state index contributed by atoms with van der Waals surface area (Å²) in [5, 5.41) is 0. The van der Waals surface area contributed by atoms with Crippen molar-refractivity contribution in [2.75, 3.05) is 0 Å². The van der Waals surface area contributed by atoms with Crippen molar-refractivity contribution in [2.45, 2.75) is 47.0 Å². The summed E-state index contributed by atoms with van der Waals surface area (Å²) in [6.07, 6.45) is 2.15. The molecule has 124 valence electrons. The Bertz CT molecular complexity index is 913. The molecule has 4 heteroatoms. The van der Waals surface area contributed by atoms with Gasteiger partial charge >= 0.3 is 0 Å². The van der Waals surface area contributed by atoms with E-state index in [9.17, 15) is 9.59 Å². The number of Topliss-reactive ketones (excluding diaryl/α,β-unsaturated/α-hetero) is 2. The van der Waals surface area contributed by atoms with Gasteiger partial charge in [0.05, 0.1) is 11.0 Å². The predicted molar refractivity (Wildman–Crippen MR) is 94.9 cm³/mol. The molecule has 2 aromatic rings. The van der Waals surface area contributed by atoms with Gasteiger partial charge in [-0.05, 0) is 58.2 Å². The van der Waals surface area contributed by atoms with E-state index >= 15 is 0 Å². The molecule has 0 saturated heterocycles. The van der Waals surface area contributed by atoms with Crippen molar-refractivity contribution in [3.05, 3.63) is 51.9 Å². The highest BCUT2D eigenvalue weighted by molar-refractivity contribution is 6.24. The van der Waals surface area contributed by atoms with Gasteiger partial charge in [-0.25, -0.2) is 4.98 Å². The molecule has 1 heterocycles. The molecule has 3 rings (SSSR count). The lowest BCUT2D eigenvalue weighted by atomic mass is 9.84. The molecule has 1 aromatic heterocycles. The molecular weight excluding hydrogens is 300 g/mol. The summed E-state index contributed by atoms with van der Waals surface area (Å²) in [7, 11) is 0. The number of nitrogens with one attached hydrogen (secondary N) is 1. The maximum Gasteiger partial charge on any atom is 0.185 e. The van der Waals surface area contributed by atoms with Crippen LogP contribution in [0.4, 0.5) is 0 Å². The Labute approximate surface area is 141 Å². The van der Waals surface area contributed by atoms with Gasteiger partial charge in [0, 0.05) is 28.7 Å². The molecule has 0 atom stereocenters. The number of nitrogens with zero attached hydrogens (tertiary/aromatic N) is 1. The number of ketones is 2. The Hall–Kier alpha value is -2.49. The van der Waals surface area contributed by atoms with Crippen molar-refractivity contribution in [1.82, 2.24) is 9.97 Å². The highest BCUT2D eigenvalue weighted by Crippen LogP contribution is 2.27. The maximum atomic E-state index is 12.4. The molecular formula is C20H22N2O2. The van der Waals surface area contributed by atoms with Crippen LogP contribution in [0.2, 0.25) is 0 Å². The molecule has 1 aromatic carbocycles. The first-order chi connectivity index (χ1) is 11.4. The molecule has 0 spiro atoms. The smallest absolute Gasteiger partial charge is 0.185 e. The first kappa shape index (κ1) is 16.4. The number of rotatable bonds is 4. The summed E-state index contributed by atoms with van der Waals surface area (Å²) in [4.78, 5) is 32.5. The van der Waals surface area contributed by atoms with Gasteiger partial charge in [0.15, 0.2) is 11.6 Å². The molecule has 0 aliphatic heterocycles. The molecule has 0 unspecified atom stereocenters. The SMILES string of the molecule is CC1=C(C)C(=O)C(CCCc2nc3ccc(C)cc3[nH]2)=C(C)C1=O. The molecule has 24 heavy (non-hydrogen) atoms. The normalized spacial score (nSPS) is 15.8. The number of aromatic nitrogens is 2. The van der Waals surface area contributed by atoms with Crippen LogP contribution in [0.15, 0.2) is 40.5 Å². The predicted octanol–water partition coefficient (Wildman–Crippen LogP) is 4.00. The number of H-pyrrole nitrogens is 1. The molecule has 0 amide bonds.